The number of nitrogens with one attached hydrogen (secondary N) is 1. The topological polar surface area (TPSA) is 49.7 Å². The molecule has 37 heavy (non-hydrogen) atoms. The molecule has 3 fully saturated rings. The molecule has 0 unspecified atom stereocenters. The average Bonchev–Trinajstić information content (AvgIpc) is 3.54. The van der Waals surface area contributed by atoms with Gasteiger partial charge in [0.05, 0.1) is 13.2 Å². The average molecular weight is 507 g/mol. The Bertz CT molecular complexity index is 1090. The van der Waals surface area contributed by atoms with Crippen molar-refractivity contribution in [2.75, 3.05) is 32.8 Å². The van der Waals surface area contributed by atoms with E-state index < -0.39 is 0 Å². The quantitative estimate of drug-likeness (QED) is 0.442. The normalized spacial score (nSPS) is 22.0. The van der Waals surface area contributed by atoms with Crippen molar-refractivity contribution in [2.45, 2.75) is 97.3 Å². The van der Waals surface area contributed by atoms with Crippen LogP contribution in [0.5, 0.6) is 0 Å². The van der Waals surface area contributed by atoms with Crippen LogP contribution in [0.1, 0.15) is 89.4 Å². The molecule has 202 valence electrons. The van der Waals surface area contributed by atoms with Crippen molar-refractivity contribution < 1.29 is 9.53 Å². The number of aromatic nitrogens is 1. The van der Waals surface area contributed by atoms with Gasteiger partial charge in [0.1, 0.15) is 0 Å². The minimum absolute atomic E-state index is 0.325. The molecule has 2 aromatic rings. The summed E-state index contributed by atoms with van der Waals surface area (Å²) in [5, 5.41) is 4.41. The summed E-state index contributed by atoms with van der Waals surface area (Å²) in [5.74, 6) is 0. The van der Waals surface area contributed by atoms with Crippen molar-refractivity contribution in [3.8, 4) is 0 Å². The number of fused-ring (bicyclic) bond motifs is 1. The summed E-state index contributed by atoms with van der Waals surface area (Å²) in [6, 6.07) is 10.1. The maximum Gasteiger partial charge on any atom is 0.407 e. The van der Waals surface area contributed by atoms with Crippen molar-refractivity contribution >= 4 is 17.0 Å². The monoisotopic (exact) mass is 506 g/mol. The lowest BCUT2D eigenvalue weighted by atomic mass is 9.86. The predicted octanol–water partition coefficient (Wildman–Crippen LogP) is 6.40. The van der Waals surface area contributed by atoms with Gasteiger partial charge in [-0.1, -0.05) is 29.3 Å². The smallest absolute Gasteiger partial charge is 0.407 e. The number of hydrogen-bond acceptors (Lipinski definition) is 4. The number of carbonyl (C=O) groups excluding carboxylic acids is 1. The number of alkyl carbamates (subject to hydrolysis) is 1. The number of rotatable bonds is 7. The molecule has 5 rings (SSSR count). The highest BCUT2D eigenvalue weighted by atomic mass is 16.5. The minimum Gasteiger partial charge on any atom is -0.450 e. The number of piperidine rings is 1. The Morgan fingerprint density at radius 1 is 0.973 bits per heavy atom. The number of benzene rings is 1. The lowest BCUT2D eigenvalue weighted by Gasteiger charge is -2.41. The SMILES string of the molecule is CCOC(=O)NCc1c(CN2CCCC2)c2ccccc2n1C1CCN(C2CCC(=C(C)C)CC2)CC1. The van der Waals surface area contributed by atoms with Crippen LogP contribution in [0.15, 0.2) is 35.4 Å². The van der Waals surface area contributed by atoms with Gasteiger partial charge in [0, 0.05) is 48.3 Å². The minimum atomic E-state index is -0.325. The molecule has 1 aromatic carbocycles. The van der Waals surface area contributed by atoms with Crippen LogP contribution in [-0.2, 0) is 17.8 Å². The van der Waals surface area contributed by atoms with E-state index >= 15 is 0 Å². The van der Waals surface area contributed by atoms with Crippen molar-refractivity contribution in [2.24, 2.45) is 0 Å². The molecular weight excluding hydrogens is 460 g/mol. The van der Waals surface area contributed by atoms with Gasteiger partial charge in [0.2, 0.25) is 0 Å². The van der Waals surface area contributed by atoms with Gasteiger partial charge in [-0.2, -0.15) is 0 Å². The molecule has 0 spiro atoms. The molecule has 3 heterocycles. The largest absolute Gasteiger partial charge is 0.450 e. The van der Waals surface area contributed by atoms with Crippen molar-refractivity contribution in [3.05, 3.63) is 46.7 Å². The number of para-hydroxylation sites is 1. The van der Waals surface area contributed by atoms with E-state index in [9.17, 15) is 4.79 Å². The second kappa shape index (κ2) is 12.0. The molecule has 0 atom stereocenters. The first-order chi connectivity index (χ1) is 18.0. The van der Waals surface area contributed by atoms with Crippen LogP contribution in [0.2, 0.25) is 0 Å². The van der Waals surface area contributed by atoms with Gasteiger partial charge in [-0.25, -0.2) is 4.79 Å². The van der Waals surface area contributed by atoms with E-state index in [1.807, 2.05) is 6.92 Å². The Kier molecular flexibility index (Phi) is 8.56. The van der Waals surface area contributed by atoms with E-state index in [1.54, 1.807) is 5.57 Å². The number of hydrogen-bond donors (Lipinski definition) is 1. The van der Waals surface area contributed by atoms with Gasteiger partial charge in [-0.05, 0) is 96.9 Å². The molecule has 6 heteroatoms. The van der Waals surface area contributed by atoms with E-state index in [1.165, 1.54) is 92.2 Å². The van der Waals surface area contributed by atoms with E-state index in [4.69, 9.17) is 4.74 Å². The van der Waals surface area contributed by atoms with E-state index in [2.05, 4.69) is 57.8 Å². The maximum atomic E-state index is 12.3. The Hall–Kier alpha value is -2.31. The number of likely N-dealkylation sites (tertiary alicyclic amines) is 2. The number of nitrogens with zero attached hydrogens (tertiary/aromatic N) is 3. The molecule has 2 saturated heterocycles. The van der Waals surface area contributed by atoms with Gasteiger partial charge in [-0.3, -0.25) is 4.90 Å². The summed E-state index contributed by atoms with van der Waals surface area (Å²) >= 11 is 0. The summed E-state index contributed by atoms with van der Waals surface area (Å²) in [6.07, 6.45) is 9.75. The molecule has 1 saturated carbocycles. The fourth-order valence-corrected chi connectivity index (χ4v) is 7.00. The highest BCUT2D eigenvalue weighted by Crippen LogP contribution is 2.37. The third kappa shape index (κ3) is 5.91. The Balaban J connectivity index is 1.38. The summed E-state index contributed by atoms with van der Waals surface area (Å²) in [7, 11) is 0. The first kappa shape index (κ1) is 26.3. The van der Waals surface area contributed by atoms with Crippen LogP contribution in [0.25, 0.3) is 10.9 Å². The highest BCUT2D eigenvalue weighted by Gasteiger charge is 2.31. The van der Waals surface area contributed by atoms with Crippen LogP contribution in [-0.4, -0.2) is 59.3 Å². The Morgan fingerprint density at radius 3 is 2.35 bits per heavy atom. The number of carbonyl (C=O) groups is 1. The molecule has 1 N–H and O–H groups in total. The fourth-order valence-electron chi connectivity index (χ4n) is 7.00. The molecule has 1 aromatic heterocycles. The number of ether oxygens (including phenoxy) is 1. The second-order valence-electron chi connectivity index (χ2n) is 11.5. The molecule has 1 aliphatic carbocycles. The van der Waals surface area contributed by atoms with Crippen LogP contribution in [0.3, 0.4) is 0 Å². The molecule has 3 aliphatic rings. The van der Waals surface area contributed by atoms with Crippen LogP contribution in [0.4, 0.5) is 4.79 Å². The molecule has 0 radical (unpaired) electrons. The maximum absolute atomic E-state index is 12.3. The first-order valence-corrected chi connectivity index (χ1v) is 14.7. The lowest BCUT2D eigenvalue weighted by Crippen LogP contribution is -2.43. The van der Waals surface area contributed by atoms with Gasteiger partial charge >= 0.3 is 6.09 Å². The molecule has 6 nitrogen and oxygen atoms in total. The lowest BCUT2D eigenvalue weighted by molar-refractivity contribution is 0.116. The highest BCUT2D eigenvalue weighted by molar-refractivity contribution is 5.86. The van der Waals surface area contributed by atoms with Gasteiger partial charge in [0.15, 0.2) is 0 Å². The summed E-state index contributed by atoms with van der Waals surface area (Å²) in [5.41, 5.74) is 7.20. The standard InChI is InChI=1S/C31H46N4O2/c1-4-37-31(36)32-21-30-28(22-33-17-7-8-18-33)27-9-5-6-10-29(27)35(30)26-15-19-34(20-16-26)25-13-11-24(12-14-25)23(2)3/h5-6,9-10,25-26H,4,7-8,11-22H2,1-3H3,(H,32,36). The van der Waals surface area contributed by atoms with Crippen LogP contribution >= 0.6 is 0 Å². The van der Waals surface area contributed by atoms with Crippen molar-refractivity contribution in [3.63, 3.8) is 0 Å². The third-order valence-electron chi connectivity index (χ3n) is 9.03. The van der Waals surface area contributed by atoms with Crippen molar-refractivity contribution in [1.29, 1.82) is 0 Å². The van der Waals surface area contributed by atoms with Gasteiger partial charge in [-0.15, -0.1) is 0 Å². The molecule has 1 amide bonds. The third-order valence-corrected chi connectivity index (χ3v) is 9.03. The first-order valence-electron chi connectivity index (χ1n) is 14.7. The zero-order valence-electron chi connectivity index (χ0n) is 23.2. The van der Waals surface area contributed by atoms with E-state index in [0.717, 1.165) is 25.7 Å². The van der Waals surface area contributed by atoms with Crippen LogP contribution in [0, 0.1) is 0 Å². The predicted molar refractivity (Wildman–Crippen MR) is 151 cm³/mol. The van der Waals surface area contributed by atoms with Crippen LogP contribution < -0.4 is 5.32 Å². The van der Waals surface area contributed by atoms with Gasteiger partial charge in [0.25, 0.3) is 0 Å². The summed E-state index contributed by atoms with van der Waals surface area (Å²) in [4.78, 5) is 17.6. The second-order valence-corrected chi connectivity index (χ2v) is 11.5. The summed E-state index contributed by atoms with van der Waals surface area (Å²) in [6.45, 7) is 12.9. The number of allylic oxidation sites excluding steroid dienone is 2. The zero-order valence-corrected chi connectivity index (χ0v) is 23.2. The van der Waals surface area contributed by atoms with E-state index in [0.29, 0.717) is 19.2 Å². The fraction of sp³-hybridized carbons (Fsp3) is 0.645. The Labute approximate surface area is 223 Å². The zero-order chi connectivity index (χ0) is 25.8. The van der Waals surface area contributed by atoms with Crippen molar-refractivity contribution in [1.82, 2.24) is 19.7 Å². The Morgan fingerprint density at radius 2 is 1.68 bits per heavy atom. The summed E-state index contributed by atoms with van der Waals surface area (Å²) < 4.78 is 7.81. The molecule has 0 bridgehead atoms. The van der Waals surface area contributed by atoms with E-state index in [-0.39, 0.29) is 6.09 Å². The molecular formula is C31H46N4O2. The molecule has 2 aliphatic heterocycles. The van der Waals surface area contributed by atoms with Gasteiger partial charge < -0.3 is 19.5 Å². The number of amides is 1.